The van der Waals surface area contributed by atoms with Gasteiger partial charge in [0.1, 0.15) is 0 Å². The number of para-hydroxylation sites is 1. The molecule has 168 valence electrons. The molecule has 2 aliphatic rings. The Balaban J connectivity index is 1.47. The largest absolute Gasteiger partial charge is 0.478 e. The SMILES string of the molecule is Cc1ccccc1NS(=O)(=O)c1ccc2c(c1)C1C=CCC1[C@@H](c1ccc(C(=O)O)cc1)N2. The Hall–Kier alpha value is -3.58. The van der Waals surface area contributed by atoms with Crippen molar-refractivity contribution in [2.24, 2.45) is 5.92 Å². The number of nitrogens with one attached hydrogen (secondary N) is 2. The molecular formula is C26H24N2O4S. The lowest BCUT2D eigenvalue weighted by molar-refractivity contribution is 0.0697. The van der Waals surface area contributed by atoms with Gasteiger partial charge in [0.05, 0.1) is 22.2 Å². The number of rotatable bonds is 5. The molecule has 3 aromatic rings. The van der Waals surface area contributed by atoms with Crippen molar-refractivity contribution in [2.75, 3.05) is 10.0 Å². The van der Waals surface area contributed by atoms with Crippen LogP contribution in [0.4, 0.5) is 11.4 Å². The predicted octanol–water partition coefficient (Wildman–Crippen LogP) is 5.32. The summed E-state index contributed by atoms with van der Waals surface area (Å²) in [5.74, 6) is -0.647. The van der Waals surface area contributed by atoms with Crippen LogP contribution >= 0.6 is 0 Å². The fraction of sp³-hybridized carbons (Fsp3) is 0.192. The zero-order valence-corrected chi connectivity index (χ0v) is 18.8. The van der Waals surface area contributed by atoms with Crippen LogP contribution in [0.3, 0.4) is 0 Å². The highest BCUT2D eigenvalue weighted by atomic mass is 32.2. The highest BCUT2D eigenvalue weighted by Crippen LogP contribution is 2.50. The first-order valence-corrected chi connectivity index (χ1v) is 12.3. The Morgan fingerprint density at radius 3 is 2.55 bits per heavy atom. The Kier molecular flexibility index (Phi) is 5.21. The molecule has 6 nitrogen and oxygen atoms in total. The van der Waals surface area contributed by atoms with E-state index in [1.165, 1.54) is 0 Å². The summed E-state index contributed by atoms with van der Waals surface area (Å²) in [6, 6.07) is 19.5. The number of benzene rings is 3. The minimum atomic E-state index is -3.73. The third kappa shape index (κ3) is 3.89. The highest BCUT2D eigenvalue weighted by molar-refractivity contribution is 7.92. The first-order chi connectivity index (χ1) is 15.8. The standard InChI is InChI=1S/C26H24N2O4S/c1-16-5-2-3-8-23(16)28-33(31,32)19-13-14-24-22(15-19)20-6-4-7-21(20)25(27-24)17-9-11-18(12-10-17)26(29)30/h2-6,8-15,20-21,25,27-28H,7H2,1H3,(H,29,30)/t20?,21?,25-/m1/s1. The summed E-state index contributed by atoms with van der Waals surface area (Å²) < 4.78 is 28.9. The zero-order valence-electron chi connectivity index (χ0n) is 18.0. The number of aromatic carboxylic acids is 1. The lowest BCUT2D eigenvalue weighted by Gasteiger charge is -2.37. The minimum Gasteiger partial charge on any atom is -0.478 e. The molecule has 0 saturated carbocycles. The van der Waals surface area contributed by atoms with Gasteiger partial charge in [-0.05, 0) is 72.4 Å². The van der Waals surface area contributed by atoms with E-state index >= 15 is 0 Å². The summed E-state index contributed by atoms with van der Waals surface area (Å²) in [5.41, 5.74) is 4.55. The van der Waals surface area contributed by atoms with Crippen molar-refractivity contribution in [1.82, 2.24) is 0 Å². The van der Waals surface area contributed by atoms with Crippen LogP contribution in [0.15, 0.2) is 83.8 Å². The van der Waals surface area contributed by atoms with Crippen molar-refractivity contribution in [3.05, 3.63) is 101 Å². The van der Waals surface area contributed by atoms with Crippen LogP contribution in [0.1, 0.15) is 45.4 Å². The number of carboxylic acid groups (broad SMARTS) is 1. The summed E-state index contributed by atoms with van der Waals surface area (Å²) in [7, 11) is -3.73. The lowest BCUT2D eigenvalue weighted by Crippen LogP contribution is -2.29. The number of aryl methyl sites for hydroxylation is 1. The highest BCUT2D eigenvalue weighted by Gasteiger charge is 2.38. The van der Waals surface area contributed by atoms with Gasteiger partial charge in [0.15, 0.2) is 0 Å². The van der Waals surface area contributed by atoms with E-state index in [1.54, 1.807) is 36.4 Å². The van der Waals surface area contributed by atoms with E-state index in [1.807, 2.05) is 37.3 Å². The van der Waals surface area contributed by atoms with E-state index in [2.05, 4.69) is 22.2 Å². The number of anilines is 2. The van der Waals surface area contributed by atoms with Crippen molar-refractivity contribution in [3.63, 3.8) is 0 Å². The summed E-state index contributed by atoms with van der Waals surface area (Å²) in [5, 5.41) is 12.8. The Morgan fingerprint density at radius 2 is 1.82 bits per heavy atom. The molecule has 7 heteroatoms. The maximum Gasteiger partial charge on any atom is 0.335 e. The number of hydrogen-bond donors (Lipinski definition) is 3. The summed E-state index contributed by atoms with van der Waals surface area (Å²) in [6.07, 6.45) is 5.15. The average molecular weight is 461 g/mol. The van der Waals surface area contributed by atoms with Crippen molar-refractivity contribution >= 4 is 27.4 Å². The number of carbonyl (C=O) groups is 1. The van der Waals surface area contributed by atoms with Gasteiger partial charge in [0, 0.05) is 11.6 Å². The van der Waals surface area contributed by atoms with Crippen molar-refractivity contribution in [1.29, 1.82) is 0 Å². The topological polar surface area (TPSA) is 95.5 Å². The van der Waals surface area contributed by atoms with Gasteiger partial charge >= 0.3 is 5.97 Å². The van der Waals surface area contributed by atoms with Crippen LogP contribution in [0, 0.1) is 12.8 Å². The summed E-state index contributed by atoms with van der Waals surface area (Å²) in [4.78, 5) is 11.4. The molecule has 0 saturated heterocycles. The molecule has 0 bridgehead atoms. The number of carboxylic acids is 1. The van der Waals surface area contributed by atoms with Gasteiger partial charge in [-0.2, -0.15) is 0 Å². The molecule has 2 unspecified atom stereocenters. The molecule has 3 aromatic carbocycles. The van der Waals surface area contributed by atoms with Gasteiger partial charge in [0.25, 0.3) is 10.0 Å². The normalized spacial score (nSPS) is 21.1. The van der Waals surface area contributed by atoms with Gasteiger partial charge < -0.3 is 10.4 Å². The molecule has 0 fully saturated rings. The molecule has 1 aliphatic carbocycles. The summed E-state index contributed by atoms with van der Waals surface area (Å²) in [6.45, 7) is 1.87. The van der Waals surface area contributed by atoms with Gasteiger partial charge in [-0.25, -0.2) is 13.2 Å². The maximum atomic E-state index is 13.1. The van der Waals surface area contributed by atoms with E-state index in [0.717, 1.165) is 28.8 Å². The quantitative estimate of drug-likeness (QED) is 0.448. The molecule has 1 aliphatic heterocycles. The van der Waals surface area contributed by atoms with E-state index < -0.39 is 16.0 Å². The monoisotopic (exact) mass is 460 g/mol. The van der Waals surface area contributed by atoms with Gasteiger partial charge in [-0.3, -0.25) is 4.72 Å². The average Bonchev–Trinajstić information content (AvgIpc) is 3.30. The number of sulfonamides is 1. The van der Waals surface area contributed by atoms with E-state index in [-0.39, 0.29) is 28.3 Å². The molecular weight excluding hydrogens is 436 g/mol. The van der Waals surface area contributed by atoms with Crippen LogP contribution in [0.25, 0.3) is 0 Å². The predicted molar refractivity (Wildman–Crippen MR) is 128 cm³/mol. The second kappa shape index (κ2) is 8.08. The Bertz CT molecular complexity index is 1360. The molecule has 0 aromatic heterocycles. The van der Waals surface area contributed by atoms with Crippen molar-refractivity contribution in [2.45, 2.75) is 30.2 Å². The summed E-state index contributed by atoms with van der Waals surface area (Å²) >= 11 is 0. The van der Waals surface area contributed by atoms with Crippen molar-refractivity contribution in [3.8, 4) is 0 Å². The Morgan fingerprint density at radius 1 is 1.06 bits per heavy atom. The number of allylic oxidation sites excluding steroid dienone is 2. The molecule has 5 rings (SSSR count). The number of fused-ring (bicyclic) bond motifs is 3. The van der Waals surface area contributed by atoms with Crippen LogP contribution in [0.5, 0.6) is 0 Å². The fourth-order valence-electron chi connectivity index (χ4n) is 4.79. The van der Waals surface area contributed by atoms with Gasteiger partial charge in [-0.1, -0.05) is 42.5 Å². The van der Waals surface area contributed by atoms with Crippen molar-refractivity contribution < 1.29 is 18.3 Å². The third-order valence-corrected chi connectivity index (χ3v) is 7.91. The molecule has 0 spiro atoms. The maximum absolute atomic E-state index is 13.1. The fourth-order valence-corrected chi connectivity index (χ4v) is 5.96. The smallest absolute Gasteiger partial charge is 0.335 e. The third-order valence-electron chi connectivity index (χ3n) is 6.55. The van der Waals surface area contributed by atoms with Gasteiger partial charge in [-0.15, -0.1) is 0 Å². The molecule has 3 atom stereocenters. The lowest BCUT2D eigenvalue weighted by atomic mass is 9.77. The van der Waals surface area contributed by atoms with E-state index in [4.69, 9.17) is 0 Å². The molecule has 0 amide bonds. The molecule has 0 radical (unpaired) electrons. The first kappa shape index (κ1) is 21.3. The van der Waals surface area contributed by atoms with Crippen LogP contribution in [0.2, 0.25) is 0 Å². The molecule has 33 heavy (non-hydrogen) atoms. The first-order valence-electron chi connectivity index (χ1n) is 10.8. The van der Waals surface area contributed by atoms with Crippen LogP contribution in [-0.4, -0.2) is 19.5 Å². The molecule has 1 heterocycles. The van der Waals surface area contributed by atoms with Gasteiger partial charge in [0.2, 0.25) is 0 Å². The second-order valence-electron chi connectivity index (χ2n) is 8.57. The minimum absolute atomic E-state index is 0.00731. The van der Waals surface area contributed by atoms with Crippen LogP contribution < -0.4 is 10.0 Å². The van der Waals surface area contributed by atoms with E-state index in [0.29, 0.717) is 5.69 Å². The second-order valence-corrected chi connectivity index (χ2v) is 10.3. The van der Waals surface area contributed by atoms with E-state index in [9.17, 15) is 18.3 Å². The number of hydrogen-bond acceptors (Lipinski definition) is 4. The van der Waals surface area contributed by atoms with Crippen LogP contribution in [-0.2, 0) is 10.0 Å². The zero-order chi connectivity index (χ0) is 23.2. The Labute approximate surface area is 193 Å². The molecule has 3 N–H and O–H groups in total.